The molecule has 1 aliphatic carbocycles. The van der Waals surface area contributed by atoms with Crippen molar-refractivity contribution in [1.29, 1.82) is 0 Å². The van der Waals surface area contributed by atoms with Crippen LogP contribution in [0.2, 0.25) is 0 Å². The number of Topliss-reactive ketones (excluding diaryl/α,β-unsaturated/α-hetero) is 1. The van der Waals surface area contributed by atoms with Gasteiger partial charge in [0.15, 0.2) is 5.78 Å². The summed E-state index contributed by atoms with van der Waals surface area (Å²) in [6.45, 7) is 6.63. The fourth-order valence-corrected chi connectivity index (χ4v) is 3.09. The molecule has 1 aliphatic rings. The average Bonchev–Trinajstić information content (AvgIpc) is 2.37. The van der Waals surface area contributed by atoms with E-state index in [4.69, 9.17) is 0 Å². The van der Waals surface area contributed by atoms with E-state index in [9.17, 15) is 4.79 Å². The van der Waals surface area contributed by atoms with Crippen LogP contribution in [-0.4, -0.2) is 5.78 Å². The summed E-state index contributed by atoms with van der Waals surface area (Å²) in [5.74, 6) is 0.557. The van der Waals surface area contributed by atoms with Gasteiger partial charge in [-0.25, -0.2) is 0 Å². The quantitative estimate of drug-likeness (QED) is 0.707. The predicted molar refractivity (Wildman–Crippen MR) is 75.9 cm³/mol. The summed E-state index contributed by atoms with van der Waals surface area (Å²) in [6, 6.07) is 8.18. The lowest BCUT2D eigenvalue weighted by Crippen LogP contribution is -2.34. The smallest absolute Gasteiger partial charge is 0.166 e. The van der Waals surface area contributed by atoms with E-state index in [0.717, 1.165) is 18.4 Å². The zero-order valence-corrected chi connectivity index (χ0v) is 11.8. The first-order valence-electron chi connectivity index (χ1n) is 7.18. The van der Waals surface area contributed by atoms with Crippen LogP contribution in [0.15, 0.2) is 24.3 Å². The van der Waals surface area contributed by atoms with Crippen LogP contribution in [-0.2, 0) is 6.42 Å². The molecule has 0 aliphatic heterocycles. The third-order valence-corrected chi connectivity index (χ3v) is 4.47. The third kappa shape index (κ3) is 2.66. The van der Waals surface area contributed by atoms with E-state index in [0.29, 0.717) is 5.78 Å². The van der Waals surface area contributed by atoms with Gasteiger partial charge in [0, 0.05) is 11.5 Å². The van der Waals surface area contributed by atoms with Crippen LogP contribution in [0, 0.1) is 11.3 Å². The van der Waals surface area contributed by atoms with Gasteiger partial charge in [0.1, 0.15) is 0 Å². The summed E-state index contributed by atoms with van der Waals surface area (Å²) in [5, 5.41) is 0. The molecule has 0 N–H and O–H groups in total. The molecule has 18 heavy (non-hydrogen) atoms. The molecular formula is C17H24O. The molecule has 98 valence electrons. The number of carbonyl (C=O) groups is 1. The summed E-state index contributed by atoms with van der Waals surface area (Å²) in [4.78, 5) is 12.6. The van der Waals surface area contributed by atoms with Gasteiger partial charge in [0.2, 0.25) is 0 Å². The number of hydrogen-bond acceptors (Lipinski definition) is 1. The number of hydrogen-bond donors (Lipinski definition) is 0. The number of ketones is 1. The highest BCUT2D eigenvalue weighted by atomic mass is 16.1. The van der Waals surface area contributed by atoms with Crippen molar-refractivity contribution in [3.63, 3.8) is 0 Å². The van der Waals surface area contributed by atoms with Gasteiger partial charge in [-0.05, 0) is 30.2 Å². The van der Waals surface area contributed by atoms with E-state index in [1.165, 1.54) is 24.8 Å². The second-order valence-electron chi connectivity index (χ2n) is 6.20. The number of benzene rings is 1. The van der Waals surface area contributed by atoms with Crippen molar-refractivity contribution in [1.82, 2.24) is 0 Å². The van der Waals surface area contributed by atoms with Gasteiger partial charge in [0.05, 0.1) is 0 Å². The Balaban J connectivity index is 2.19. The second kappa shape index (κ2) is 5.26. The first kappa shape index (κ1) is 13.3. The Morgan fingerprint density at radius 1 is 1.22 bits per heavy atom. The molecule has 1 aromatic carbocycles. The van der Waals surface area contributed by atoms with Gasteiger partial charge in [0.25, 0.3) is 0 Å². The van der Waals surface area contributed by atoms with Gasteiger partial charge >= 0.3 is 0 Å². The van der Waals surface area contributed by atoms with E-state index < -0.39 is 0 Å². The molecule has 0 heterocycles. The minimum absolute atomic E-state index is 0.165. The lowest BCUT2D eigenvalue weighted by molar-refractivity contribution is 0.0697. The summed E-state index contributed by atoms with van der Waals surface area (Å²) in [7, 11) is 0. The molecule has 0 saturated heterocycles. The highest BCUT2D eigenvalue weighted by molar-refractivity contribution is 5.98. The molecule has 1 heteroatoms. The van der Waals surface area contributed by atoms with Gasteiger partial charge in [-0.2, -0.15) is 0 Å². The van der Waals surface area contributed by atoms with Crippen LogP contribution in [0.5, 0.6) is 0 Å². The van der Waals surface area contributed by atoms with Crippen LogP contribution >= 0.6 is 0 Å². The van der Waals surface area contributed by atoms with Crippen molar-refractivity contribution >= 4 is 5.78 Å². The molecule has 1 nitrogen and oxygen atoms in total. The Morgan fingerprint density at radius 2 is 1.89 bits per heavy atom. The Hall–Kier alpha value is -1.11. The Bertz CT molecular complexity index is 414. The van der Waals surface area contributed by atoms with Crippen molar-refractivity contribution in [2.75, 3.05) is 0 Å². The van der Waals surface area contributed by atoms with Crippen LogP contribution in [0.3, 0.4) is 0 Å². The van der Waals surface area contributed by atoms with E-state index in [1.54, 1.807) is 0 Å². The molecule has 0 bridgehead atoms. The second-order valence-corrected chi connectivity index (χ2v) is 6.20. The predicted octanol–water partition coefficient (Wildman–Crippen LogP) is 4.65. The van der Waals surface area contributed by atoms with Crippen LogP contribution in [0.4, 0.5) is 0 Å². The molecule has 1 atom stereocenters. The topological polar surface area (TPSA) is 17.1 Å². The minimum Gasteiger partial charge on any atom is -0.294 e. The van der Waals surface area contributed by atoms with E-state index >= 15 is 0 Å². The average molecular weight is 244 g/mol. The first-order valence-corrected chi connectivity index (χ1v) is 7.18. The van der Waals surface area contributed by atoms with E-state index in [1.807, 2.05) is 12.1 Å². The third-order valence-electron chi connectivity index (χ3n) is 4.47. The van der Waals surface area contributed by atoms with Crippen molar-refractivity contribution in [3.05, 3.63) is 35.4 Å². The summed E-state index contributed by atoms with van der Waals surface area (Å²) in [5.41, 5.74) is 2.36. The molecule has 0 aromatic heterocycles. The monoisotopic (exact) mass is 244 g/mol. The maximum atomic E-state index is 12.6. The highest BCUT2D eigenvalue weighted by Gasteiger charge is 2.37. The normalized spacial score (nSPS) is 22.7. The van der Waals surface area contributed by atoms with Crippen LogP contribution in [0.1, 0.15) is 62.4 Å². The lowest BCUT2D eigenvalue weighted by Gasteiger charge is -2.37. The molecule has 0 amide bonds. The van der Waals surface area contributed by atoms with E-state index in [-0.39, 0.29) is 11.3 Å². The standard InChI is InChI=1S/C17H24O/c1-4-13-8-10-14(11-9-13)16(18)15-7-5-6-12-17(15,2)3/h8-11,15H,4-7,12H2,1-3H3. The summed E-state index contributed by atoms with van der Waals surface area (Å²) in [6.07, 6.45) is 5.74. The molecular weight excluding hydrogens is 220 g/mol. The largest absolute Gasteiger partial charge is 0.294 e. The van der Waals surface area contributed by atoms with Crippen molar-refractivity contribution < 1.29 is 4.79 Å². The van der Waals surface area contributed by atoms with Gasteiger partial charge < -0.3 is 0 Å². The molecule has 0 radical (unpaired) electrons. The SMILES string of the molecule is CCc1ccc(C(=O)C2CCCCC2(C)C)cc1. The fourth-order valence-electron chi connectivity index (χ4n) is 3.09. The maximum Gasteiger partial charge on any atom is 0.166 e. The first-order chi connectivity index (χ1) is 8.54. The zero-order chi connectivity index (χ0) is 13.2. The van der Waals surface area contributed by atoms with Crippen LogP contribution < -0.4 is 0 Å². The fraction of sp³-hybridized carbons (Fsp3) is 0.588. The molecule has 1 fully saturated rings. The van der Waals surface area contributed by atoms with Crippen LogP contribution in [0.25, 0.3) is 0 Å². The number of carbonyl (C=O) groups excluding carboxylic acids is 1. The molecule has 1 unspecified atom stereocenters. The zero-order valence-electron chi connectivity index (χ0n) is 11.8. The lowest BCUT2D eigenvalue weighted by atomic mass is 9.66. The van der Waals surface area contributed by atoms with Gasteiger partial charge in [-0.3, -0.25) is 4.79 Å². The molecule has 1 aromatic rings. The number of aryl methyl sites for hydroxylation is 1. The maximum absolute atomic E-state index is 12.6. The molecule has 1 saturated carbocycles. The Kier molecular flexibility index (Phi) is 3.89. The number of rotatable bonds is 3. The van der Waals surface area contributed by atoms with Gasteiger partial charge in [-0.1, -0.05) is 57.9 Å². The van der Waals surface area contributed by atoms with Crippen molar-refractivity contribution in [3.8, 4) is 0 Å². The Labute approximate surface area is 111 Å². The molecule has 0 spiro atoms. The molecule has 2 rings (SSSR count). The Morgan fingerprint density at radius 3 is 2.44 bits per heavy atom. The summed E-state index contributed by atoms with van der Waals surface area (Å²) < 4.78 is 0. The highest BCUT2D eigenvalue weighted by Crippen LogP contribution is 2.42. The van der Waals surface area contributed by atoms with Crippen molar-refractivity contribution in [2.24, 2.45) is 11.3 Å². The minimum atomic E-state index is 0.165. The van der Waals surface area contributed by atoms with E-state index in [2.05, 4.69) is 32.9 Å². The van der Waals surface area contributed by atoms with Crippen molar-refractivity contribution in [2.45, 2.75) is 52.9 Å². The summed E-state index contributed by atoms with van der Waals surface area (Å²) >= 11 is 0. The van der Waals surface area contributed by atoms with Gasteiger partial charge in [-0.15, -0.1) is 0 Å².